The first kappa shape index (κ1) is 15.9. The predicted molar refractivity (Wildman–Crippen MR) is 84.8 cm³/mol. The predicted octanol–water partition coefficient (Wildman–Crippen LogP) is 2.26. The van der Waals surface area contributed by atoms with Crippen LogP contribution in [0.5, 0.6) is 0 Å². The van der Waals surface area contributed by atoms with Gasteiger partial charge in [-0.25, -0.2) is 4.39 Å². The number of rotatable bonds is 6. The van der Waals surface area contributed by atoms with Crippen molar-refractivity contribution in [3.05, 3.63) is 54.1 Å². The van der Waals surface area contributed by atoms with Gasteiger partial charge >= 0.3 is 0 Å². The van der Waals surface area contributed by atoms with Gasteiger partial charge in [-0.2, -0.15) is 0 Å². The van der Waals surface area contributed by atoms with Crippen molar-refractivity contribution < 1.29 is 9.18 Å². The molecule has 2 aromatic rings. The summed E-state index contributed by atoms with van der Waals surface area (Å²) in [6.07, 6.45) is 1.56. The molecule has 1 heterocycles. The molecule has 0 fully saturated rings. The van der Waals surface area contributed by atoms with E-state index in [1.54, 1.807) is 30.5 Å². The summed E-state index contributed by atoms with van der Waals surface area (Å²) in [6, 6.07) is 9.42. The lowest BCUT2D eigenvalue weighted by Crippen LogP contribution is -2.31. The van der Waals surface area contributed by atoms with E-state index in [0.29, 0.717) is 12.2 Å². The Morgan fingerprint density at radius 2 is 1.91 bits per heavy atom. The van der Waals surface area contributed by atoms with E-state index < -0.39 is 0 Å². The maximum atomic E-state index is 12.9. The summed E-state index contributed by atoms with van der Waals surface area (Å²) in [5.41, 5.74) is 1.80. The normalized spacial score (nSPS) is 10.5. The van der Waals surface area contributed by atoms with Gasteiger partial charge in [0.25, 0.3) is 5.91 Å². The Labute approximate surface area is 129 Å². The monoisotopic (exact) mass is 302 g/mol. The maximum absolute atomic E-state index is 12.9. The van der Waals surface area contributed by atoms with Crippen LogP contribution in [-0.4, -0.2) is 43.0 Å². The summed E-state index contributed by atoms with van der Waals surface area (Å²) in [7, 11) is 3.88. The van der Waals surface area contributed by atoms with E-state index in [-0.39, 0.29) is 11.7 Å². The summed E-state index contributed by atoms with van der Waals surface area (Å²) in [5, 5.41) is 5.91. The number of carbonyl (C=O) groups is 1. The van der Waals surface area contributed by atoms with Gasteiger partial charge in [0.05, 0.1) is 0 Å². The zero-order valence-electron chi connectivity index (χ0n) is 12.6. The van der Waals surface area contributed by atoms with E-state index in [0.717, 1.165) is 17.9 Å². The summed E-state index contributed by atoms with van der Waals surface area (Å²) in [5.74, 6) is -0.508. The summed E-state index contributed by atoms with van der Waals surface area (Å²) in [6.45, 7) is 1.32. The van der Waals surface area contributed by atoms with Crippen LogP contribution < -0.4 is 10.6 Å². The Kier molecular flexibility index (Phi) is 5.43. The van der Waals surface area contributed by atoms with Crippen LogP contribution in [-0.2, 0) is 0 Å². The SMILES string of the molecule is CN(C)CCNC(=O)c1cc(Nc2ccc(F)cc2)ccn1. The highest BCUT2D eigenvalue weighted by atomic mass is 19.1. The zero-order valence-corrected chi connectivity index (χ0v) is 12.6. The minimum atomic E-state index is -0.291. The third-order valence-electron chi connectivity index (χ3n) is 2.97. The number of likely N-dealkylation sites (N-methyl/N-ethyl adjacent to an activating group) is 1. The van der Waals surface area contributed by atoms with E-state index in [1.165, 1.54) is 12.1 Å². The van der Waals surface area contributed by atoms with Crippen LogP contribution in [0.15, 0.2) is 42.6 Å². The minimum absolute atomic E-state index is 0.218. The number of amides is 1. The van der Waals surface area contributed by atoms with E-state index >= 15 is 0 Å². The van der Waals surface area contributed by atoms with Crippen LogP contribution in [0.1, 0.15) is 10.5 Å². The van der Waals surface area contributed by atoms with Crippen LogP contribution in [0, 0.1) is 5.82 Å². The number of hydrogen-bond donors (Lipinski definition) is 2. The van der Waals surface area contributed by atoms with Crippen molar-refractivity contribution in [3.63, 3.8) is 0 Å². The standard InChI is InChI=1S/C16H19FN4O/c1-21(2)10-9-19-16(22)15-11-14(7-8-18-15)20-13-5-3-12(17)4-6-13/h3-8,11H,9-10H2,1-2H3,(H,18,20)(H,19,22). The van der Waals surface area contributed by atoms with Crippen molar-refractivity contribution in [1.29, 1.82) is 0 Å². The molecule has 1 aromatic carbocycles. The van der Waals surface area contributed by atoms with Crippen LogP contribution in [0.3, 0.4) is 0 Å². The first-order chi connectivity index (χ1) is 10.5. The molecule has 0 unspecified atom stereocenters. The van der Waals surface area contributed by atoms with E-state index in [9.17, 15) is 9.18 Å². The summed E-state index contributed by atoms with van der Waals surface area (Å²) in [4.78, 5) is 18.1. The van der Waals surface area contributed by atoms with Gasteiger partial charge in [-0.3, -0.25) is 9.78 Å². The second-order valence-electron chi connectivity index (χ2n) is 5.12. The molecule has 6 heteroatoms. The lowest BCUT2D eigenvalue weighted by molar-refractivity contribution is 0.0946. The quantitative estimate of drug-likeness (QED) is 0.859. The molecule has 22 heavy (non-hydrogen) atoms. The van der Waals surface area contributed by atoms with Gasteiger partial charge in [0.2, 0.25) is 0 Å². The lowest BCUT2D eigenvalue weighted by Gasteiger charge is -2.11. The Balaban J connectivity index is 2.00. The number of anilines is 2. The fourth-order valence-electron chi connectivity index (χ4n) is 1.82. The topological polar surface area (TPSA) is 57.3 Å². The molecular formula is C16H19FN4O. The highest BCUT2D eigenvalue weighted by Crippen LogP contribution is 2.17. The largest absolute Gasteiger partial charge is 0.355 e. The molecule has 1 amide bonds. The van der Waals surface area contributed by atoms with Gasteiger partial charge in [-0.1, -0.05) is 0 Å². The van der Waals surface area contributed by atoms with Crippen molar-refractivity contribution in [2.75, 3.05) is 32.5 Å². The van der Waals surface area contributed by atoms with Gasteiger partial charge in [0.15, 0.2) is 0 Å². The fraction of sp³-hybridized carbons (Fsp3) is 0.250. The zero-order chi connectivity index (χ0) is 15.9. The number of carbonyl (C=O) groups excluding carboxylic acids is 1. The first-order valence-corrected chi connectivity index (χ1v) is 6.96. The molecule has 0 spiro atoms. The molecular weight excluding hydrogens is 283 g/mol. The van der Waals surface area contributed by atoms with Gasteiger partial charge < -0.3 is 15.5 Å². The van der Waals surface area contributed by atoms with Gasteiger partial charge in [-0.15, -0.1) is 0 Å². The molecule has 0 saturated heterocycles. The number of benzene rings is 1. The molecule has 0 saturated carbocycles. The maximum Gasteiger partial charge on any atom is 0.269 e. The third-order valence-corrected chi connectivity index (χ3v) is 2.97. The Hall–Kier alpha value is -2.47. The second-order valence-corrected chi connectivity index (χ2v) is 5.12. The van der Waals surface area contributed by atoms with Crippen molar-refractivity contribution in [3.8, 4) is 0 Å². The number of nitrogens with zero attached hydrogens (tertiary/aromatic N) is 2. The first-order valence-electron chi connectivity index (χ1n) is 6.96. The molecule has 2 N–H and O–H groups in total. The second kappa shape index (κ2) is 7.51. The Morgan fingerprint density at radius 1 is 1.18 bits per heavy atom. The van der Waals surface area contributed by atoms with Crippen molar-refractivity contribution in [2.45, 2.75) is 0 Å². The highest BCUT2D eigenvalue weighted by Gasteiger charge is 2.07. The molecule has 5 nitrogen and oxygen atoms in total. The van der Waals surface area contributed by atoms with Crippen molar-refractivity contribution in [1.82, 2.24) is 15.2 Å². The molecule has 0 aliphatic rings. The molecule has 116 valence electrons. The fourth-order valence-corrected chi connectivity index (χ4v) is 1.82. The Bertz CT molecular complexity index is 628. The molecule has 0 bridgehead atoms. The third kappa shape index (κ3) is 4.82. The molecule has 0 atom stereocenters. The van der Waals surface area contributed by atoms with Crippen molar-refractivity contribution >= 4 is 17.3 Å². The minimum Gasteiger partial charge on any atom is -0.355 e. The summed E-state index contributed by atoms with van der Waals surface area (Å²) < 4.78 is 12.9. The molecule has 0 radical (unpaired) electrons. The lowest BCUT2D eigenvalue weighted by atomic mass is 10.2. The van der Waals surface area contributed by atoms with Gasteiger partial charge in [0.1, 0.15) is 11.5 Å². The number of nitrogens with one attached hydrogen (secondary N) is 2. The highest BCUT2D eigenvalue weighted by molar-refractivity contribution is 5.93. The molecule has 2 rings (SSSR count). The number of halogens is 1. The van der Waals surface area contributed by atoms with Crippen molar-refractivity contribution in [2.24, 2.45) is 0 Å². The summed E-state index contributed by atoms with van der Waals surface area (Å²) >= 11 is 0. The number of aromatic nitrogens is 1. The smallest absolute Gasteiger partial charge is 0.269 e. The van der Waals surface area contributed by atoms with E-state index in [2.05, 4.69) is 15.6 Å². The van der Waals surface area contributed by atoms with Gasteiger partial charge in [0, 0.05) is 30.7 Å². The van der Waals surface area contributed by atoms with Gasteiger partial charge in [-0.05, 0) is 50.5 Å². The molecule has 0 aliphatic carbocycles. The van der Waals surface area contributed by atoms with Crippen LogP contribution >= 0.6 is 0 Å². The number of pyridine rings is 1. The number of hydrogen-bond acceptors (Lipinski definition) is 4. The van der Waals surface area contributed by atoms with E-state index in [1.807, 2.05) is 19.0 Å². The average molecular weight is 302 g/mol. The van der Waals surface area contributed by atoms with Crippen LogP contribution in [0.25, 0.3) is 0 Å². The molecule has 0 aliphatic heterocycles. The Morgan fingerprint density at radius 3 is 2.59 bits per heavy atom. The van der Waals surface area contributed by atoms with Crippen LogP contribution in [0.2, 0.25) is 0 Å². The molecule has 1 aromatic heterocycles. The average Bonchev–Trinajstić information content (AvgIpc) is 2.49. The van der Waals surface area contributed by atoms with Crippen LogP contribution in [0.4, 0.5) is 15.8 Å². The van der Waals surface area contributed by atoms with E-state index in [4.69, 9.17) is 0 Å².